The lowest BCUT2D eigenvalue weighted by Gasteiger charge is -2.35. The third kappa shape index (κ3) is 6.11. The number of piperidine rings is 1. The normalized spacial score (nSPS) is 20.4. The number of rotatable bonds is 5. The summed E-state index contributed by atoms with van der Waals surface area (Å²) in [6, 6.07) is 7.36. The van der Waals surface area contributed by atoms with Crippen LogP contribution in [0.15, 0.2) is 24.3 Å². The number of anilines is 1. The molecule has 1 saturated carbocycles. The van der Waals surface area contributed by atoms with Crippen molar-refractivity contribution < 1.29 is 9.59 Å². The highest BCUT2D eigenvalue weighted by molar-refractivity contribution is 6.30. The fraction of sp³-hybridized carbons (Fsp3) is 0.619. The van der Waals surface area contributed by atoms with E-state index in [1.54, 1.807) is 24.3 Å². The van der Waals surface area contributed by atoms with E-state index >= 15 is 0 Å². The third-order valence-corrected chi connectivity index (χ3v) is 6.10. The van der Waals surface area contributed by atoms with Crippen LogP contribution < -0.4 is 16.0 Å². The number of amides is 3. The van der Waals surface area contributed by atoms with E-state index in [2.05, 4.69) is 20.9 Å². The minimum Gasteiger partial charge on any atom is -0.335 e. The second-order valence-corrected chi connectivity index (χ2v) is 8.37. The van der Waals surface area contributed by atoms with Gasteiger partial charge in [-0.05, 0) is 56.9 Å². The van der Waals surface area contributed by atoms with E-state index in [1.807, 2.05) is 6.92 Å². The third-order valence-electron chi connectivity index (χ3n) is 5.84. The van der Waals surface area contributed by atoms with E-state index in [1.165, 1.54) is 19.3 Å². The molecule has 0 spiro atoms. The summed E-state index contributed by atoms with van der Waals surface area (Å²) in [4.78, 5) is 26.9. The first-order chi connectivity index (χ1) is 13.5. The molecule has 7 heteroatoms. The van der Waals surface area contributed by atoms with Crippen molar-refractivity contribution in [2.75, 3.05) is 18.4 Å². The molecule has 1 aliphatic heterocycles. The smallest absolute Gasteiger partial charge is 0.315 e. The number of carbonyl (C=O) groups excluding carboxylic acids is 2. The molecule has 0 radical (unpaired) electrons. The van der Waals surface area contributed by atoms with Crippen LogP contribution in [0.4, 0.5) is 10.5 Å². The minimum atomic E-state index is -0.215. The number of likely N-dealkylation sites (tertiary alicyclic amines) is 1. The number of benzene rings is 1. The van der Waals surface area contributed by atoms with Gasteiger partial charge in [0.15, 0.2) is 0 Å². The molecule has 1 saturated heterocycles. The van der Waals surface area contributed by atoms with Crippen LogP contribution in [-0.4, -0.2) is 48.1 Å². The Hall–Kier alpha value is -1.79. The van der Waals surface area contributed by atoms with E-state index in [0.717, 1.165) is 44.5 Å². The molecule has 0 bridgehead atoms. The van der Waals surface area contributed by atoms with Gasteiger partial charge in [0.25, 0.3) is 0 Å². The van der Waals surface area contributed by atoms with E-state index < -0.39 is 0 Å². The maximum absolute atomic E-state index is 12.5. The molecule has 1 aromatic rings. The average molecular weight is 407 g/mol. The molecular formula is C21H31ClN4O2. The van der Waals surface area contributed by atoms with Gasteiger partial charge in [-0.3, -0.25) is 9.69 Å². The Balaban J connectivity index is 1.39. The molecule has 1 atom stereocenters. The molecule has 3 N–H and O–H groups in total. The molecular weight excluding hydrogens is 376 g/mol. The molecule has 2 fully saturated rings. The fourth-order valence-electron chi connectivity index (χ4n) is 4.04. The first kappa shape index (κ1) is 20.9. The standard InChI is InChI=1S/C21H31ClN4O2/c1-15(20(27)23-18-9-7-16(22)8-10-18)26-13-11-19(12-14-26)25-21(28)24-17-5-3-2-4-6-17/h7-10,15,17,19H,2-6,11-14H2,1H3,(H,23,27)(H2,24,25,28). The van der Waals surface area contributed by atoms with Gasteiger partial charge in [0, 0.05) is 35.9 Å². The lowest BCUT2D eigenvalue weighted by atomic mass is 9.96. The van der Waals surface area contributed by atoms with Crippen LogP contribution >= 0.6 is 11.6 Å². The summed E-state index contributed by atoms with van der Waals surface area (Å²) in [6.07, 6.45) is 7.59. The Morgan fingerprint density at radius 2 is 1.54 bits per heavy atom. The highest BCUT2D eigenvalue weighted by atomic mass is 35.5. The van der Waals surface area contributed by atoms with Gasteiger partial charge in [-0.25, -0.2) is 4.79 Å². The summed E-state index contributed by atoms with van der Waals surface area (Å²) >= 11 is 5.88. The van der Waals surface area contributed by atoms with Crippen LogP contribution in [0.3, 0.4) is 0 Å². The predicted molar refractivity (Wildman–Crippen MR) is 113 cm³/mol. The summed E-state index contributed by atoms with van der Waals surface area (Å²) in [5, 5.41) is 9.81. The van der Waals surface area contributed by atoms with Crippen molar-refractivity contribution in [3.63, 3.8) is 0 Å². The van der Waals surface area contributed by atoms with Crippen LogP contribution in [-0.2, 0) is 4.79 Å². The largest absolute Gasteiger partial charge is 0.335 e. The van der Waals surface area contributed by atoms with E-state index in [4.69, 9.17) is 11.6 Å². The molecule has 28 heavy (non-hydrogen) atoms. The van der Waals surface area contributed by atoms with Gasteiger partial charge in [-0.15, -0.1) is 0 Å². The number of hydrogen-bond donors (Lipinski definition) is 3. The number of hydrogen-bond acceptors (Lipinski definition) is 3. The van der Waals surface area contributed by atoms with Crippen molar-refractivity contribution in [1.29, 1.82) is 0 Å². The molecule has 1 aromatic carbocycles. The van der Waals surface area contributed by atoms with Crippen molar-refractivity contribution >= 4 is 29.2 Å². The topological polar surface area (TPSA) is 73.5 Å². The van der Waals surface area contributed by atoms with Crippen LogP contribution in [0.25, 0.3) is 0 Å². The molecule has 1 aliphatic carbocycles. The van der Waals surface area contributed by atoms with Crippen molar-refractivity contribution in [2.45, 2.75) is 70.0 Å². The Labute approximate surface area is 172 Å². The fourth-order valence-corrected chi connectivity index (χ4v) is 4.16. The number of nitrogens with one attached hydrogen (secondary N) is 3. The molecule has 2 aliphatic rings. The van der Waals surface area contributed by atoms with Crippen LogP contribution in [0.2, 0.25) is 5.02 Å². The first-order valence-electron chi connectivity index (χ1n) is 10.4. The van der Waals surface area contributed by atoms with Crippen molar-refractivity contribution in [3.05, 3.63) is 29.3 Å². The zero-order valence-corrected chi connectivity index (χ0v) is 17.3. The zero-order chi connectivity index (χ0) is 19.9. The first-order valence-corrected chi connectivity index (χ1v) is 10.8. The predicted octanol–water partition coefficient (Wildman–Crippen LogP) is 3.76. The Kier molecular flexibility index (Phi) is 7.57. The van der Waals surface area contributed by atoms with Crippen LogP contribution in [0.5, 0.6) is 0 Å². The number of halogens is 1. The van der Waals surface area contributed by atoms with E-state index in [-0.39, 0.29) is 24.0 Å². The second kappa shape index (κ2) is 10.1. The van der Waals surface area contributed by atoms with E-state index in [0.29, 0.717) is 11.1 Å². The van der Waals surface area contributed by atoms with Crippen LogP contribution in [0.1, 0.15) is 51.9 Å². The monoisotopic (exact) mass is 406 g/mol. The highest BCUT2D eigenvalue weighted by Gasteiger charge is 2.27. The summed E-state index contributed by atoms with van der Waals surface area (Å²) in [5.74, 6) is -0.0243. The summed E-state index contributed by atoms with van der Waals surface area (Å²) in [5.41, 5.74) is 0.747. The molecule has 1 heterocycles. The SMILES string of the molecule is CC(C(=O)Nc1ccc(Cl)cc1)N1CCC(NC(=O)NC2CCCCC2)CC1. The number of urea groups is 1. The molecule has 3 rings (SSSR count). The van der Waals surface area contributed by atoms with Gasteiger partial charge in [0.05, 0.1) is 6.04 Å². The van der Waals surface area contributed by atoms with E-state index in [9.17, 15) is 9.59 Å². The van der Waals surface area contributed by atoms with Gasteiger partial charge in [-0.2, -0.15) is 0 Å². The van der Waals surface area contributed by atoms with Gasteiger partial charge < -0.3 is 16.0 Å². The summed E-state index contributed by atoms with van der Waals surface area (Å²) in [7, 11) is 0. The Morgan fingerprint density at radius 3 is 2.14 bits per heavy atom. The molecule has 154 valence electrons. The zero-order valence-electron chi connectivity index (χ0n) is 16.5. The second-order valence-electron chi connectivity index (χ2n) is 7.94. The van der Waals surface area contributed by atoms with Crippen molar-refractivity contribution in [3.8, 4) is 0 Å². The lowest BCUT2D eigenvalue weighted by Crippen LogP contribution is -2.53. The molecule has 0 aromatic heterocycles. The maximum Gasteiger partial charge on any atom is 0.315 e. The highest BCUT2D eigenvalue weighted by Crippen LogP contribution is 2.18. The van der Waals surface area contributed by atoms with Crippen LogP contribution in [0, 0.1) is 0 Å². The van der Waals surface area contributed by atoms with Gasteiger partial charge >= 0.3 is 6.03 Å². The molecule has 1 unspecified atom stereocenters. The molecule has 3 amide bonds. The van der Waals surface area contributed by atoms with Crippen molar-refractivity contribution in [2.24, 2.45) is 0 Å². The Morgan fingerprint density at radius 1 is 0.964 bits per heavy atom. The molecule has 6 nitrogen and oxygen atoms in total. The lowest BCUT2D eigenvalue weighted by molar-refractivity contribution is -0.121. The van der Waals surface area contributed by atoms with Gasteiger partial charge in [0.2, 0.25) is 5.91 Å². The van der Waals surface area contributed by atoms with Crippen molar-refractivity contribution in [1.82, 2.24) is 15.5 Å². The summed E-state index contributed by atoms with van der Waals surface area (Å²) in [6.45, 7) is 3.52. The Bertz CT molecular complexity index is 653. The maximum atomic E-state index is 12.5. The average Bonchev–Trinajstić information content (AvgIpc) is 2.70. The minimum absolute atomic E-state index is 0.0243. The quantitative estimate of drug-likeness (QED) is 0.696. The summed E-state index contributed by atoms with van der Waals surface area (Å²) < 4.78 is 0. The van der Waals surface area contributed by atoms with Gasteiger partial charge in [0.1, 0.15) is 0 Å². The number of carbonyl (C=O) groups is 2. The van der Waals surface area contributed by atoms with Gasteiger partial charge in [-0.1, -0.05) is 30.9 Å². The number of nitrogens with zero attached hydrogens (tertiary/aromatic N) is 1.